The van der Waals surface area contributed by atoms with Crippen molar-refractivity contribution < 1.29 is 23.8 Å². The zero-order valence-corrected chi connectivity index (χ0v) is 17.3. The van der Waals surface area contributed by atoms with Gasteiger partial charge in [0.15, 0.2) is 16.6 Å². The van der Waals surface area contributed by atoms with Crippen LogP contribution in [0, 0.1) is 0 Å². The molecule has 140 valence electrons. The Bertz CT molecular complexity index is 781. The van der Waals surface area contributed by atoms with Crippen LogP contribution in [0.1, 0.15) is 12.5 Å². The molecule has 26 heavy (non-hydrogen) atoms. The fourth-order valence-electron chi connectivity index (χ4n) is 2.41. The molecule has 1 fully saturated rings. The number of hydrogen-bond donors (Lipinski definition) is 0. The first-order chi connectivity index (χ1) is 12.3. The van der Waals surface area contributed by atoms with Crippen molar-refractivity contribution in [3.05, 3.63) is 27.9 Å². The van der Waals surface area contributed by atoms with Crippen LogP contribution in [0.2, 0.25) is 0 Å². The number of hydrogen-bond acceptors (Lipinski definition) is 6. The van der Waals surface area contributed by atoms with Gasteiger partial charge in [0.1, 0.15) is 12.2 Å². The number of ether oxygens (including phenoxy) is 3. The summed E-state index contributed by atoms with van der Waals surface area (Å²) >= 11 is 8.71. The number of likely N-dealkylation sites (N-methyl/N-ethyl adjacent to an activating group) is 1. The molecule has 1 aliphatic rings. The van der Waals surface area contributed by atoms with E-state index in [-0.39, 0.29) is 23.3 Å². The highest BCUT2D eigenvalue weighted by Gasteiger charge is 2.36. The average molecular weight is 443 g/mol. The number of thiocarbonyl (C=S) groups is 1. The molecule has 1 aromatic rings. The molecular formula is C17H19BrN2O5S. The summed E-state index contributed by atoms with van der Waals surface area (Å²) in [6.45, 7) is 2.22. The number of methoxy groups -OCH3 is 2. The third-order valence-corrected chi connectivity index (χ3v) is 4.77. The van der Waals surface area contributed by atoms with Crippen molar-refractivity contribution >= 4 is 51.2 Å². The molecule has 0 N–H and O–H groups in total. The monoisotopic (exact) mass is 442 g/mol. The molecule has 0 aromatic heterocycles. The molecule has 1 aromatic carbocycles. The quantitative estimate of drug-likeness (QED) is 0.380. The summed E-state index contributed by atoms with van der Waals surface area (Å²) in [5.74, 6) is 0.303. The van der Waals surface area contributed by atoms with Gasteiger partial charge in [-0.15, -0.1) is 0 Å². The van der Waals surface area contributed by atoms with Crippen LogP contribution in [0.3, 0.4) is 0 Å². The summed E-state index contributed by atoms with van der Waals surface area (Å²) in [5.41, 5.74) is 0.967. The van der Waals surface area contributed by atoms with Crippen LogP contribution in [0.25, 0.3) is 6.08 Å². The highest BCUT2D eigenvalue weighted by Crippen LogP contribution is 2.37. The van der Waals surface area contributed by atoms with Gasteiger partial charge < -0.3 is 19.1 Å². The molecule has 0 atom stereocenters. The topological polar surface area (TPSA) is 68.3 Å². The summed E-state index contributed by atoms with van der Waals surface area (Å²) in [6.07, 6.45) is 1.64. The zero-order chi connectivity index (χ0) is 19.4. The van der Waals surface area contributed by atoms with Gasteiger partial charge in [0.05, 0.1) is 25.3 Å². The Morgan fingerprint density at radius 1 is 1.35 bits per heavy atom. The van der Waals surface area contributed by atoms with E-state index in [0.29, 0.717) is 28.1 Å². The maximum Gasteiger partial charge on any atom is 0.325 e. The second-order valence-corrected chi connectivity index (χ2v) is 6.53. The minimum Gasteiger partial charge on any atom is -0.493 e. The molecule has 9 heteroatoms. The van der Waals surface area contributed by atoms with E-state index in [1.807, 2.05) is 6.92 Å². The van der Waals surface area contributed by atoms with Gasteiger partial charge in [-0.2, -0.15) is 0 Å². The lowest BCUT2D eigenvalue weighted by Crippen LogP contribution is -2.33. The molecule has 0 radical (unpaired) electrons. The van der Waals surface area contributed by atoms with Crippen LogP contribution < -0.4 is 9.47 Å². The third-order valence-electron chi connectivity index (χ3n) is 3.69. The molecule has 1 aliphatic heterocycles. The van der Waals surface area contributed by atoms with Crippen molar-refractivity contribution in [1.82, 2.24) is 9.80 Å². The Kier molecular flexibility index (Phi) is 6.60. The molecular weight excluding hydrogens is 424 g/mol. The number of amides is 1. The van der Waals surface area contributed by atoms with E-state index >= 15 is 0 Å². The van der Waals surface area contributed by atoms with E-state index in [4.69, 9.17) is 21.7 Å². The van der Waals surface area contributed by atoms with E-state index in [9.17, 15) is 9.59 Å². The molecule has 0 spiro atoms. The van der Waals surface area contributed by atoms with Crippen LogP contribution >= 0.6 is 28.1 Å². The van der Waals surface area contributed by atoms with Crippen LogP contribution in [-0.2, 0) is 14.3 Å². The Morgan fingerprint density at radius 3 is 2.62 bits per heavy atom. The van der Waals surface area contributed by atoms with E-state index < -0.39 is 5.97 Å². The zero-order valence-electron chi connectivity index (χ0n) is 14.9. The Labute approximate surface area is 165 Å². The predicted molar refractivity (Wildman–Crippen MR) is 104 cm³/mol. The van der Waals surface area contributed by atoms with Crippen molar-refractivity contribution in [3.63, 3.8) is 0 Å². The van der Waals surface area contributed by atoms with Gasteiger partial charge in [0.2, 0.25) is 0 Å². The number of rotatable bonds is 6. The first-order valence-electron chi connectivity index (χ1n) is 7.72. The second kappa shape index (κ2) is 8.50. The van der Waals surface area contributed by atoms with Gasteiger partial charge in [-0.25, -0.2) is 0 Å². The third kappa shape index (κ3) is 3.99. The van der Waals surface area contributed by atoms with Crippen LogP contribution in [0.4, 0.5) is 0 Å². The number of nitrogens with zero attached hydrogens (tertiary/aromatic N) is 2. The maximum atomic E-state index is 12.5. The van der Waals surface area contributed by atoms with Crippen molar-refractivity contribution in [1.29, 1.82) is 0 Å². The smallest absolute Gasteiger partial charge is 0.325 e. The minimum atomic E-state index is -0.494. The molecule has 2 rings (SSSR count). The fourth-order valence-corrected chi connectivity index (χ4v) is 3.23. The molecule has 0 unspecified atom stereocenters. The minimum absolute atomic E-state index is 0.146. The van der Waals surface area contributed by atoms with E-state index in [0.717, 1.165) is 0 Å². The van der Waals surface area contributed by atoms with Gasteiger partial charge in [-0.1, -0.05) is 0 Å². The van der Waals surface area contributed by atoms with E-state index in [1.54, 1.807) is 25.3 Å². The van der Waals surface area contributed by atoms with Crippen molar-refractivity contribution in [2.45, 2.75) is 6.92 Å². The molecule has 1 heterocycles. The number of carbonyl (C=O) groups excluding carboxylic acids is 2. The van der Waals surface area contributed by atoms with Gasteiger partial charge in [-0.3, -0.25) is 14.5 Å². The first kappa shape index (κ1) is 20.2. The van der Waals surface area contributed by atoms with Gasteiger partial charge in [0.25, 0.3) is 5.91 Å². The summed E-state index contributed by atoms with van der Waals surface area (Å²) in [7, 11) is 4.38. The second-order valence-electron chi connectivity index (χ2n) is 5.31. The standard InChI is InChI=1S/C17H19BrN2O5S/c1-5-25-15-11(18)6-10(8-13(15)23-3)7-12-16(22)19(2)17(26)20(12)9-14(21)24-4/h6-8H,5,9H2,1-4H3. The molecule has 1 amide bonds. The molecule has 0 bridgehead atoms. The van der Waals surface area contributed by atoms with E-state index in [1.165, 1.54) is 24.0 Å². The summed E-state index contributed by atoms with van der Waals surface area (Å²) in [6, 6.07) is 3.54. The van der Waals surface area contributed by atoms with Gasteiger partial charge >= 0.3 is 5.97 Å². The Balaban J connectivity index is 2.48. The number of carbonyl (C=O) groups is 2. The summed E-state index contributed by atoms with van der Waals surface area (Å²) in [5, 5.41) is 0.239. The summed E-state index contributed by atoms with van der Waals surface area (Å²) < 4.78 is 16.3. The number of esters is 1. The predicted octanol–water partition coefficient (Wildman–Crippen LogP) is 2.43. The number of benzene rings is 1. The SMILES string of the molecule is CCOc1c(Br)cc(C=C2C(=O)N(C)C(=S)N2CC(=O)OC)cc1OC. The van der Waals surface area contributed by atoms with E-state index in [2.05, 4.69) is 20.7 Å². The van der Waals surface area contributed by atoms with Crippen LogP contribution in [0.15, 0.2) is 22.3 Å². The normalized spacial score (nSPS) is 15.7. The van der Waals surface area contributed by atoms with Crippen molar-refractivity contribution in [2.24, 2.45) is 0 Å². The van der Waals surface area contributed by atoms with Gasteiger partial charge in [0, 0.05) is 7.05 Å². The molecule has 0 aliphatic carbocycles. The molecule has 1 saturated heterocycles. The molecule has 0 saturated carbocycles. The highest BCUT2D eigenvalue weighted by atomic mass is 79.9. The lowest BCUT2D eigenvalue weighted by Gasteiger charge is -2.17. The largest absolute Gasteiger partial charge is 0.493 e. The highest BCUT2D eigenvalue weighted by molar-refractivity contribution is 9.10. The fraction of sp³-hybridized carbons (Fsp3) is 0.353. The van der Waals surface area contributed by atoms with Crippen molar-refractivity contribution in [3.8, 4) is 11.5 Å². The van der Waals surface area contributed by atoms with Gasteiger partial charge in [-0.05, 0) is 58.8 Å². The number of halogens is 1. The van der Waals surface area contributed by atoms with Crippen molar-refractivity contribution in [2.75, 3.05) is 34.4 Å². The van der Waals surface area contributed by atoms with Crippen LogP contribution in [0.5, 0.6) is 11.5 Å². The lowest BCUT2D eigenvalue weighted by atomic mass is 10.1. The lowest BCUT2D eigenvalue weighted by molar-refractivity contribution is -0.140. The first-order valence-corrected chi connectivity index (χ1v) is 8.92. The summed E-state index contributed by atoms with van der Waals surface area (Å²) in [4.78, 5) is 26.9. The van der Waals surface area contributed by atoms with Crippen LogP contribution in [-0.4, -0.2) is 61.2 Å². The maximum absolute atomic E-state index is 12.5. The average Bonchev–Trinajstić information content (AvgIpc) is 2.81. The molecule has 7 nitrogen and oxygen atoms in total. The Hall–Kier alpha value is -2.13. The Morgan fingerprint density at radius 2 is 2.04 bits per heavy atom.